The van der Waals surface area contributed by atoms with Gasteiger partial charge in [-0.2, -0.15) is 0 Å². The lowest BCUT2D eigenvalue weighted by Crippen LogP contribution is -1.96. The summed E-state index contributed by atoms with van der Waals surface area (Å²) in [5.41, 5.74) is 0.507. The highest BCUT2D eigenvalue weighted by Gasteiger charge is 2.12. The van der Waals surface area contributed by atoms with Gasteiger partial charge in [-0.15, -0.1) is 0 Å². The van der Waals surface area contributed by atoms with E-state index < -0.39 is 4.92 Å². The van der Waals surface area contributed by atoms with Crippen molar-refractivity contribution in [1.82, 2.24) is 0 Å². The molecule has 0 spiro atoms. The van der Waals surface area contributed by atoms with Crippen molar-refractivity contribution in [2.24, 2.45) is 0 Å². The minimum atomic E-state index is -0.468. The zero-order chi connectivity index (χ0) is 9.84. The number of nitrogens with zero attached hydrogens (tertiary/aromatic N) is 1. The Labute approximate surface area is 77.1 Å². The van der Waals surface area contributed by atoms with Gasteiger partial charge in [0.25, 0.3) is 5.69 Å². The Morgan fingerprint density at radius 2 is 2.31 bits per heavy atom. The Bertz CT molecular complexity index is 327. The molecule has 0 bridgehead atoms. The van der Waals surface area contributed by atoms with Gasteiger partial charge >= 0.3 is 0 Å². The molecule has 0 atom stereocenters. The summed E-state index contributed by atoms with van der Waals surface area (Å²) < 4.78 is 4.86. The number of methoxy groups -OCH3 is 1. The number of ether oxygens (including phenoxy) is 1. The maximum atomic E-state index is 10.5. The van der Waals surface area contributed by atoms with E-state index in [1.807, 2.05) is 0 Å². The van der Waals surface area contributed by atoms with Crippen molar-refractivity contribution in [2.75, 3.05) is 7.11 Å². The lowest BCUT2D eigenvalue weighted by Gasteiger charge is -2.02. The van der Waals surface area contributed by atoms with Crippen molar-refractivity contribution < 1.29 is 9.66 Å². The van der Waals surface area contributed by atoms with E-state index >= 15 is 0 Å². The van der Waals surface area contributed by atoms with Gasteiger partial charge in [0.15, 0.2) is 0 Å². The molecule has 5 heteroatoms. The summed E-state index contributed by atoms with van der Waals surface area (Å²) in [4.78, 5) is 10.1. The van der Waals surface area contributed by atoms with Crippen LogP contribution in [0.3, 0.4) is 0 Å². The first-order valence-electron chi connectivity index (χ1n) is 3.70. The van der Waals surface area contributed by atoms with Gasteiger partial charge in [0.2, 0.25) is 0 Å². The predicted molar refractivity (Wildman–Crippen MR) is 49.1 cm³/mol. The molecule has 0 aliphatic heterocycles. The van der Waals surface area contributed by atoms with E-state index in [9.17, 15) is 10.1 Å². The Morgan fingerprint density at radius 1 is 1.62 bits per heavy atom. The summed E-state index contributed by atoms with van der Waals surface area (Å²) in [7, 11) is 6.79. The zero-order valence-electron chi connectivity index (χ0n) is 7.19. The molecule has 0 saturated heterocycles. The number of rotatable bonds is 3. The lowest BCUT2D eigenvalue weighted by atomic mass is 9.95. The van der Waals surface area contributed by atoms with Gasteiger partial charge in [0.1, 0.15) is 5.75 Å². The van der Waals surface area contributed by atoms with Crippen LogP contribution in [0, 0.1) is 10.1 Å². The third-order valence-corrected chi connectivity index (χ3v) is 1.71. The first-order chi connectivity index (χ1) is 6.19. The summed E-state index contributed by atoms with van der Waals surface area (Å²) in [5, 5.41) is 10.5. The summed E-state index contributed by atoms with van der Waals surface area (Å²) in [6, 6.07) is 4.61. The Kier molecular flexibility index (Phi) is 2.90. The SMILES string of the molecule is [B]Cc1ccc(OC)cc1[N+](=O)[O-]. The van der Waals surface area contributed by atoms with Gasteiger partial charge in [-0.3, -0.25) is 10.1 Å². The normalized spacial score (nSPS) is 9.62. The van der Waals surface area contributed by atoms with Crippen LogP contribution < -0.4 is 4.74 Å². The number of nitro benzene ring substituents is 1. The molecule has 0 heterocycles. The van der Waals surface area contributed by atoms with Crippen molar-refractivity contribution in [2.45, 2.75) is 6.32 Å². The van der Waals surface area contributed by atoms with Gasteiger partial charge in [-0.25, -0.2) is 0 Å². The van der Waals surface area contributed by atoms with Crippen molar-refractivity contribution in [3.05, 3.63) is 33.9 Å². The largest absolute Gasteiger partial charge is 0.497 e. The monoisotopic (exact) mass is 177 g/mol. The molecule has 1 aromatic carbocycles. The lowest BCUT2D eigenvalue weighted by molar-refractivity contribution is -0.385. The van der Waals surface area contributed by atoms with Crippen molar-refractivity contribution in [3.8, 4) is 5.75 Å². The van der Waals surface area contributed by atoms with Crippen LogP contribution in [0.2, 0.25) is 0 Å². The maximum absolute atomic E-state index is 10.5. The Morgan fingerprint density at radius 3 is 2.77 bits per heavy atom. The summed E-state index contributed by atoms with van der Waals surface area (Å²) >= 11 is 0. The van der Waals surface area contributed by atoms with Crippen LogP contribution in [0.5, 0.6) is 5.75 Å². The van der Waals surface area contributed by atoms with Crippen LogP contribution in [0.25, 0.3) is 0 Å². The van der Waals surface area contributed by atoms with Crippen molar-refractivity contribution in [1.29, 1.82) is 0 Å². The fourth-order valence-corrected chi connectivity index (χ4v) is 1.01. The number of nitro groups is 1. The smallest absolute Gasteiger partial charge is 0.275 e. The van der Waals surface area contributed by atoms with E-state index in [2.05, 4.69) is 0 Å². The van der Waals surface area contributed by atoms with Crippen LogP contribution in [-0.4, -0.2) is 19.9 Å². The molecule has 1 aromatic rings. The topological polar surface area (TPSA) is 52.4 Å². The molecule has 4 nitrogen and oxygen atoms in total. The van der Waals surface area contributed by atoms with E-state index in [1.54, 1.807) is 12.1 Å². The van der Waals surface area contributed by atoms with Crippen molar-refractivity contribution >= 4 is 13.5 Å². The van der Waals surface area contributed by atoms with Crippen LogP contribution in [-0.2, 0) is 6.32 Å². The van der Waals surface area contributed by atoms with Crippen LogP contribution in [0.4, 0.5) is 5.69 Å². The first-order valence-corrected chi connectivity index (χ1v) is 3.70. The van der Waals surface area contributed by atoms with Crippen molar-refractivity contribution in [3.63, 3.8) is 0 Å². The molecule has 13 heavy (non-hydrogen) atoms. The highest BCUT2D eigenvalue weighted by molar-refractivity contribution is 6.08. The molecule has 0 N–H and O–H groups in total. The second kappa shape index (κ2) is 3.93. The van der Waals surface area contributed by atoms with Gasteiger partial charge in [-0.1, -0.05) is 6.32 Å². The van der Waals surface area contributed by atoms with Crippen LogP contribution in [0.1, 0.15) is 5.56 Å². The van der Waals surface area contributed by atoms with Gasteiger partial charge in [-0.05, 0) is 12.1 Å². The molecule has 0 aliphatic rings. The molecule has 2 radical (unpaired) electrons. The molecular formula is C8H8BNO3. The third-order valence-electron chi connectivity index (χ3n) is 1.71. The van der Waals surface area contributed by atoms with E-state index in [1.165, 1.54) is 13.2 Å². The Hall–Kier alpha value is -1.52. The summed E-state index contributed by atoms with van der Waals surface area (Å²) in [5.74, 6) is 0.462. The number of hydrogen-bond donors (Lipinski definition) is 0. The molecule has 1 rings (SSSR count). The fourth-order valence-electron chi connectivity index (χ4n) is 1.01. The molecule has 0 aliphatic carbocycles. The van der Waals surface area contributed by atoms with Gasteiger partial charge in [0.05, 0.1) is 25.9 Å². The average Bonchev–Trinajstić information content (AvgIpc) is 2.16. The quantitative estimate of drug-likeness (QED) is 0.396. The number of benzene rings is 1. The highest BCUT2D eigenvalue weighted by Crippen LogP contribution is 2.24. The molecule has 66 valence electrons. The van der Waals surface area contributed by atoms with E-state index in [4.69, 9.17) is 12.6 Å². The minimum absolute atomic E-state index is 0.00171. The van der Waals surface area contributed by atoms with Gasteiger partial charge < -0.3 is 4.74 Å². The average molecular weight is 177 g/mol. The zero-order valence-corrected chi connectivity index (χ0v) is 7.19. The minimum Gasteiger partial charge on any atom is -0.497 e. The molecule has 0 aromatic heterocycles. The van der Waals surface area contributed by atoms with E-state index in [0.717, 1.165) is 0 Å². The van der Waals surface area contributed by atoms with Gasteiger partial charge in [0, 0.05) is 5.56 Å². The first kappa shape index (κ1) is 9.57. The third kappa shape index (κ3) is 1.99. The summed E-state index contributed by atoms with van der Waals surface area (Å²) in [6.45, 7) is 0. The second-order valence-corrected chi connectivity index (χ2v) is 2.46. The fraction of sp³-hybridized carbons (Fsp3) is 0.250. The van der Waals surface area contributed by atoms with Crippen LogP contribution >= 0.6 is 0 Å². The standard InChI is InChI=1S/C8H8BNO3/c1-13-7-3-2-6(5-9)8(4-7)10(11)12/h2-4H,5H2,1H3. The second-order valence-electron chi connectivity index (χ2n) is 2.46. The molecule has 0 fully saturated rings. The van der Waals surface area contributed by atoms with Crippen LogP contribution in [0.15, 0.2) is 18.2 Å². The molecule has 0 unspecified atom stereocenters. The highest BCUT2D eigenvalue weighted by atomic mass is 16.6. The molecule has 0 saturated carbocycles. The Balaban J connectivity index is 3.18. The van der Waals surface area contributed by atoms with E-state index in [0.29, 0.717) is 11.3 Å². The molecular weight excluding hydrogens is 169 g/mol. The van der Waals surface area contributed by atoms with E-state index in [-0.39, 0.29) is 12.0 Å². The summed E-state index contributed by atoms with van der Waals surface area (Å²) in [6.07, 6.45) is 0.153. The number of hydrogen-bond acceptors (Lipinski definition) is 3. The maximum Gasteiger partial charge on any atom is 0.275 e. The molecule has 0 amide bonds. The predicted octanol–water partition coefficient (Wildman–Crippen LogP) is 1.27.